The van der Waals surface area contributed by atoms with Crippen LogP contribution in [0.5, 0.6) is 0 Å². The highest BCUT2D eigenvalue weighted by atomic mass is 16.2. The van der Waals surface area contributed by atoms with Crippen LogP contribution in [0.3, 0.4) is 0 Å². The lowest BCUT2D eigenvalue weighted by molar-refractivity contribution is -0.153. The van der Waals surface area contributed by atoms with Crippen LogP contribution in [-0.2, 0) is 15.0 Å². The summed E-state index contributed by atoms with van der Waals surface area (Å²) in [6.07, 6.45) is 0. The summed E-state index contributed by atoms with van der Waals surface area (Å²) < 4.78 is 0. The maximum Gasteiger partial charge on any atom is 0.162 e. The molecule has 1 N–H and O–H groups in total. The van der Waals surface area contributed by atoms with Crippen molar-refractivity contribution in [3.63, 3.8) is 0 Å². The summed E-state index contributed by atoms with van der Waals surface area (Å²) in [5, 5.41) is 1.12. The van der Waals surface area contributed by atoms with Gasteiger partial charge in [-0.15, -0.1) is 0 Å². The molecule has 3 aromatic carbocycles. The molecule has 1 saturated carbocycles. The number of nitrogens with one attached hydrogen (secondary N) is 1. The van der Waals surface area contributed by atoms with Gasteiger partial charge < -0.3 is 4.98 Å². The Bertz CT molecular complexity index is 1240. The van der Waals surface area contributed by atoms with Gasteiger partial charge in [0.2, 0.25) is 0 Å². The van der Waals surface area contributed by atoms with Crippen LogP contribution >= 0.6 is 0 Å². The predicted molar refractivity (Wildman–Crippen MR) is 119 cm³/mol. The Kier molecular flexibility index (Phi) is 4.21. The van der Waals surface area contributed by atoms with E-state index >= 15 is 0 Å². The Balaban J connectivity index is 1.65. The van der Waals surface area contributed by atoms with Crippen LogP contribution < -0.4 is 0 Å². The second kappa shape index (κ2) is 6.81. The molecule has 148 valence electrons. The molecule has 4 aromatic rings. The van der Waals surface area contributed by atoms with E-state index in [0.29, 0.717) is 0 Å². The monoisotopic (exact) mass is 393 g/mol. The van der Waals surface area contributed by atoms with Crippen molar-refractivity contribution in [2.24, 2.45) is 5.92 Å². The minimum absolute atomic E-state index is 0.00870. The van der Waals surface area contributed by atoms with E-state index in [1.807, 2.05) is 78.9 Å². The standard InChI is InChI=1S/C27H23NO2/c1-17-20-15-9-10-16-21(20)28-24(17)22(18-11-5-3-6-12-18)23-25(29)27(2,26(23)30)19-13-7-4-8-14-19/h3-16,22-23,28H,1-2H3. The van der Waals surface area contributed by atoms with Crippen LogP contribution in [0.15, 0.2) is 84.9 Å². The number of hydrogen-bond donors (Lipinski definition) is 1. The number of Topliss-reactive ketones (excluding diaryl/α,β-unsaturated/α-hetero) is 2. The van der Waals surface area contributed by atoms with Crippen molar-refractivity contribution in [1.29, 1.82) is 0 Å². The number of H-pyrrole nitrogens is 1. The number of benzene rings is 3. The zero-order chi connectivity index (χ0) is 20.9. The number of aromatic amines is 1. The average Bonchev–Trinajstić information content (AvgIpc) is 3.13. The predicted octanol–water partition coefficient (Wildman–Crippen LogP) is 5.33. The molecule has 1 aliphatic carbocycles. The number of para-hydroxylation sites is 1. The summed E-state index contributed by atoms with van der Waals surface area (Å²) in [6.45, 7) is 3.83. The molecule has 0 aliphatic heterocycles. The Hall–Kier alpha value is -3.46. The van der Waals surface area contributed by atoms with Crippen LogP contribution in [0.2, 0.25) is 0 Å². The first-order valence-corrected chi connectivity index (χ1v) is 10.3. The van der Waals surface area contributed by atoms with E-state index < -0.39 is 11.3 Å². The molecule has 1 unspecified atom stereocenters. The molecule has 1 atom stereocenters. The van der Waals surface area contributed by atoms with E-state index in [0.717, 1.165) is 33.3 Å². The molecule has 0 radical (unpaired) electrons. The molecule has 1 aromatic heterocycles. The van der Waals surface area contributed by atoms with Crippen molar-refractivity contribution in [1.82, 2.24) is 4.98 Å². The first-order valence-electron chi connectivity index (χ1n) is 10.3. The Morgan fingerprint density at radius 3 is 2.00 bits per heavy atom. The fourth-order valence-electron chi connectivity index (χ4n) is 4.94. The molecule has 5 rings (SSSR count). The van der Waals surface area contributed by atoms with Crippen molar-refractivity contribution >= 4 is 22.5 Å². The van der Waals surface area contributed by atoms with Gasteiger partial charge in [-0.1, -0.05) is 78.9 Å². The summed E-state index contributed by atoms with van der Waals surface area (Å²) in [5.74, 6) is -1.03. The third-order valence-corrected chi connectivity index (χ3v) is 6.71. The third kappa shape index (κ3) is 2.51. The van der Waals surface area contributed by atoms with Crippen LogP contribution in [0, 0.1) is 12.8 Å². The summed E-state index contributed by atoms with van der Waals surface area (Å²) in [6, 6.07) is 27.4. The summed E-state index contributed by atoms with van der Waals surface area (Å²) in [4.78, 5) is 30.7. The van der Waals surface area contributed by atoms with Gasteiger partial charge in [0.1, 0.15) is 5.41 Å². The molecule has 0 bridgehead atoms. The van der Waals surface area contributed by atoms with Gasteiger partial charge in [-0.25, -0.2) is 0 Å². The van der Waals surface area contributed by atoms with Crippen LogP contribution in [0.4, 0.5) is 0 Å². The minimum atomic E-state index is -1.07. The van der Waals surface area contributed by atoms with E-state index in [-0.39, 0.29) is 17.5 Å². The number of rotatable bonds is 4. The number of fused-ring (bicyclic) bond motifs is 1. The quantitative estimate of drug-likeness (QED) is 0.476. The Morgan fingerprint density at radius 2 is 1.37 bits per heavy atom. The topological polar surface area (TPSA) is 49.9 Å². The lowest BCUT2D eigenvalue weighted by atomic mass is 9.53. The number of ketones is 2. The van der Waals surface area contributed by atoms with Crippen molar-refractivity contribution in [3.05, 3.63) is 107 Å². The molecule has 3 nitrogen and oxygen atoms in total. The largest absolute Gasteiger partial charge is 0.358 e. The highest BCUT2D eigenvalue weighted by Crippen LogP contribution is 2.49. The molecule has 1 fully saturated rings. The Labute approximate surface area is 175 Å². The van der Waals surface area contributed by atoms with Crippen LogP contribution in [0.25, 0.3) is 10.9 Å². The van der Waals surface area contributed by atoms with Gasteiger partial charge in [0.05, 0.1) is 5.92 Å². The molecule has 30 heavy (non-hydrogen) atoms. The van der Waals surface area contributed by atoms with Gasteiger partial charge >= 0.3 is 0 Å². The lowest BCUT2D eigenvalue weighted by Crippen LogP contribution is -2.62. The molecule has 0 saturated heterocycles. The van der Waals surface area contributed by atoms with Crippen molar-refractivity contribution in [3.8, 4) is 0 Å². The smallest absolute Gasteiger partial charge is 0.162 e. The lowest BCUT2D eigenvalue weighted by Gasteiger charge is -2.45. The number of carbonyl (C=O) groups excluding carboxylic acids is 2. The average molecular weight is 393 g/mol. The maximum absolute atomic E-state index is 13.6. The van der Waals surface area contributed by atoms with Crippen molar-refractivity contribution in [2.45, 2.75) is 25.2 Å². The molecule has 1 aliphatic rings. The van der Waals surface area contributed by atoms with Gasteiger partial charge in [-0.3, -0.25) is 9.59 Å². The van der Waals surface area contributed by atoms with Gasteiger partial charge in [0.25, 0.3) is 0 Å². The summed E-state index contributed by atoms with van der Waals surface area (Å²) in [5.41, 5.74) is 3.75. The third-order valence-electron chi connectivity index (χ3n) is 6.71. The first kappa shape index (κ1) is 18.6. The molecule has 3 heteroatoms. The zero-order valence-electron chi connectivity index (χ0n) is 17.1. The second-order valence-electron chi connectivity index (χ2n) is 8.29. The van der Waals surface area contributed by atoms with Gasteiger partial charge in [0.15, 0.2) is 11.6 Å². The highest BCUT2D eigenvalue weighted by Gasteiger charge is 2.62. The highest BCUT2D eigenvalue weighted by molar-refractivity contribution is 6.32. The summed E-state index contributed by atoms with van der Waals surface area (Å²) in [7, 11) is 0. The van der Waals surface area contributed by atoms with E-state index in [1.54, 1.807) is 6.92 Å². The van der Waals surface area contributed by atoms with E-state index in [2.05, 4.69) is 18.0 Å². The van der Waals surface area contributed by atoms with Crippen molar-refractivity contribution in [2.75, 3.05) is 0 Å². The SMILES string of the molecule is Cc1c(C(c2ccccc2)C2C(=O)C(C)(c3ccccc3)C2=O)[nH]c2ccccc12. The molecular weight excluding hydrogens is 370 g/mol. The molecular formula is C27H23NO2. The van der Waals surface area contributed by atoms with Gasteiger partial charge in [-0.05, 0) is 36.6 Å². The first-order chi connectivity index (χ1) is 14.5. The van der Waals surface area contributed by atoms with Crippen LogP contribution in [-0.4, -0.2) is 16.6 Å². The maximum atomic E-state index is 13.6. The molecule has 1 heterocycles. The Morgan fingerprint density at radius 1 is 0.800 bits per heavy atom. The van der Waals surface area contributed by atoms with E-state index in [4.69, 9.17) is 0 Å². The fraction of sp³-hybridized carbons (Fsp3) is 0.185. The molecule has 0 spiro atoms. The van der Waals surface area contributed by atoms with Crippen molar-refractivity contribution < 1.29 is 9.59 Å². The van der Waals surface area contributed by atoms with E-state index in [9.17, 15) is 9.59 Å². The van der Waals surface area contributed by atoms with E-state index in [1.165, 1.54) is 0 Å². The normalized spacial score (nSPS) is 22.1. The summed E-state index contributed by atoms with van der Waals surface area (Å²) >= 11 is 0. The number of aromatic nitrogens is 1. The number of aryl methyl sites for hydroxylation is 1. The van der Waals surface area contributed by atoms with Gasteiger partial charge in [0, 0.05) is 22.5 Å². The minimum Gasteiger partial charge on any atom is -0.358 e. The number of hydrogen-bond acceptors (Lipinski definition) is 2. The fourth-order valence-corrected chi connectivity index (χ4v) is 4.94. The van der Waals surface area contributed by atoms with Gasteiger partial charge in [-0.2, -0.15) is 0 Å². The van der Waals surface area contributed by atoms with Crippen LogP contribution in [0.1, 0.15) is 35.2 Å². The zero-order valence-corrected chi connectivity index (χ0v) is 17.1. The number of carbonyl (C=O) groups is 2. The second-order valence-corrected chi connectivity index (χ2v) is 8.29. The molecule has 0 amide bonds.